The van der Waals surface area contributed by atoms with Gasteiger partial charge in [0.05, 0.1) is 22.6 Å². The summed E-state index contributed by atoms with van der Waals surface area (Å²) in [5.74, 6) is -0.213. The quantitative estimate of drug-likeness (QED) is 0.436. The second-order valence-electron chi connectivity index (χ2n) is 9.00. The molecule has 0 N–H and O–H groups in total. The standard InChI is InChI=1S/C27H28FN5O/c1-18(2)25-21(17-29-26-24(19(3)30-33(25)26)20-9-5-4-6-10-20)27(34)32-15-13-31(14-16-32)23-12-8-7-11-22(23)28/h4-12,17-18H,13-16H2,1-3H3. The lowest BCUT2D eigenvalue weighted by molar-refractivity contribution is 0.0743. The van der Waals surface area contributed by atoms with Crippen LogP contribution in [-0.4, -0.2) is 51.6 Å². The second kappa shape index (κ2) is 8.89. The van der Waals surface area contributed by atoms with E-state index in [-0.39, 0.29) is 17.6 Å². The Morgan fingerprint density at radius 1 is 0.971 bits per heavy atom. The van der Waals surface area contributed by atoms with E-state index in [2.05, 4.69) is 26.0 Å². The van der Waals surface area contributed by atoms with Gasteiger partial charge in [-0.05, 0) is 30.5 Å². The zero-order valence-electron chi connectivity index (χ0n) is 19.7. The van der Waals surface area contributed by atoms with Crippen LogP contribution in [0, 0.1) is 12.7 Å². The van der Waals surface area contributed by atoms with Crippen LogP contribution in [0.3, 0.4) is 0 Å². The lowest BCUT2D eigenvalue weighted by Crippen LogP contribution is -2.49. The smallest absolute Gasteiger partial charge is 0.257 e. The summed E-state index contributed by atoms with van der Waals surface area (Å²) < 4.78 is 16.0. The van der Waals surface area contributed by atoms with Crippen molar-refractivity contribution in [2.24, 2.45) is 0 Å². The molecule has 4 aromatic rings. The van der Waals surface area contributed by atoms with Gasteiger partial charge in [-0.15, -0.1) is 0 Å². The first-order valence-corrected chi connectivity index (χ1v) is 11.7. The highest BCUT2D eigenvalue weighted by molar-refractivity contribution is 5.96. The molecule has 1 saturated heterocycles. The van der Waals surface area contributed by atoms with Gasteiger partial charge in [0.25, 0.3) is 5.91 Å². The van der Waals surface area contributed by atoms with E-state index in [1.807, 2.05) is 45.5 Å². The molecule has 1 aliphatic heterocycles. The first-order valence-electron chi connectivity index (χ1n) is 11.7. The van der Waals surface area contributed by atoms with E-state index in [4.69, 9.17) is 10.1 Å². The monoisotopic (exact) mass is 457 g/mol. The average molecular weight is 458 g/mol. The normalized spacial score (nSPS) is 14.3. The van der Waals surface area contributed by atoms with Crippen LogP contribution >= 0.6 is 0 Å². The molecule has 2 aromatic heterocycles. The van der Waals surface area contributed by atoms with Crippen LogP contribution in [0.2, 0.25) is 0 Å². The van der Waals surface area contributed by atoms with Gasteiger partial charge in [0.15, 0.2) is 5.65 Å². The van der Waals surface area contributed by atoms with Gasteiger partial charge in [0.1, 0.15) is 5.82 Å². The highest BCUT2D eigenvalue weighted by atomic mass is 19.1. The Morgan fingerprint density at radius 3 is 2.32 bits per heavy atom. The summed E-state index contributed by atoms with van der Waals surface area (Å²) in [4.78, 5) is 22.1. The van der Waals surface area contributed by atoms with Crippen molar-refractivity contribution in [2.45, 2.75) is 26.7 Å². The minimum absolute atomic E-state index is 0.0549. The number of hydrogen-bond donors (Lipinski definition) is 0. The summed E-state index contributed by atoms with van der Waals surface area (Å²) in [6.07, 6.45) is 1.70. The molecule has 1 aliphatic rings. The van der Waals surface area contributed by atoms with Gasteiger partial charge in [-0.1, -0.05) is 56.3 Å². The molecule has 0 aliphatic carbocycles. The largest absolute Gasteiger partial charge is 0.366 e. The number of hydrogen-bond acceptors (Lipinski definition) is 4. The van der Waals surface area contributed by atoms with E-state index in [1.165, 1.54) is 6.07 Å². The van der Waals surface area contributed by atoms with Gasteiger partial charge in [0.2, 0.25) is 0 Å². The molecule has 1 amide bonds. The Kier molecular flexibility index (Phi) is 5.77. The third-order valence-corrected chi connectivity index (χ3v) is 6.46. The number of para-hydroxylation sites is 1. The van der Waals surface area contributed by atoms with Crippen LogP contribution in [0.1, 0.15) is 41.5 Å². The third-order valence-electron chi connectivity index (χ3n) is 6.46. The number of amides is 1. The van der Waals surface area contributed by atoms with Crippen LogP contribution in [0.15, 0.2) is 60.8 Å². The minimum Gasteiger partial charge on any atom is -0.366 e. The molecule has 2 aromatic carbocycles. The zero-order chi connectivity index (χ0) is 23.8. The Balaban J connectivity index is 1.46. The van der Waals surface area contributed by atoms with Crippen LogP contribution in [0.4, 0.5) is 10.1 Å². The molecule has 3 heterocycles. The van der Waals surface area contributed by atoms with Crippen molar-refractivity contribution in [3.8, 4) is 11.1 Å². The maximum atomic E-state index is 14.2. The molecular weight excluding hydrogens is 429 g/mol. The molecular formula is C27H28FN5O. The van der Waals surface area contributed by atoms with Crippen LogP contribution in [0.25, 0.3) is 16.8 Å². The van der Waals surface area contributed by atoms with E-state index in [0.717, 1.165) is 28.2 Å². The molecule has 0 radical (unpaired) electrons. The molecule has 0 atom stereocenters. The SMILES string of the molecule is Cc1nn2c(C(C)C)c(C(=O)N3CCN(c4ccccc4F)CC3)cnc2c1-c1ccccc1. The predicted octanol–water partition coefficient (Wildman–Crippen LogP) is 4.93. The fourth-order valence-electron chi connectivity index (χ4n) is 4.80. The molecule has 1 fully saturated rings. The fourth-order valence-corrected chi connectivity index (χ4v) is 4.80. The van der Waals surface area contributed by atoms with Crippen molar-refractivity contribution in [1.29, 1.82) is 0 Å². The van der Waals surface area contributed by atoms with Crippen molar-refractivity contribution < 1.29 is 9.18 Å². The predicted molar refractivity (Wildman–Crippen MR) is 132 cm³/mol. The van der Waals surface area contributed by atoms with Gasteiger partial charge in [0, 0.05) is 37.9 Å². The lowest BCUT2D eigenvalue weighted by atomic mass is 10.0. The highest BCUT2D eigenvalue weighted by Gasteiger charge is 2.28. The van der Waals surface area contributed by atoms with E-state index in [0.29, 0.717) is 37.4 Å². The lowest BCUT2D eigenvalue weighted by Gasteiger charge is -2.36. The number of benzene rings is 2. The van der Waals surface area contributed by atoms with Crippen molar-refractivity contribution in [3.05, 3.63) is 83.6 Å². The topological polar surface area (TPSA) is 53.7 Å². The van der Waals surface area contributed by atoms with Gasteiger partial charge >= 0.3 is 0 Å². The summed E-state index contributed by atoms with van der Waals surface area (Å²) >= 11 is 0. The Hall–Kier alpha value is -3.74. The van der Waals surface area contributed by atoms with Gasteiger partial charge in [-0.25, -0.2) is 13.9 Å². The van der Waals surface area contributed by atoms with Gasteiger partial charge < -0.3 is 9.80 Å². The maximum absolute atomic E-state index is 14.2. The molecule has 6 nitrogen and oxygen atoms in total. The van der Waals surface area contributed by atoms with Gasteiger partial charge in [-0.2, -0.15) is 5.10 Å². The zero-order valence-corrected chi connectivity index (χ0v) is 19.7. The average Bonchev–Trinajstić information content (AvgIpc) is 3.19. The van der Waals surface area contributed by atoms with Crippen LogP contribution in [0.5, 0.6) is 0 Å². The summed E-state index contributed by atoms with van der Waals surface area (Å²) in [6.45, 7) is 8.33. The highest BCUT2D eigenvalue weighted by Crippen LogP contribution is 2.31. The number of carbonyl (C=O) groups excluding carboxylic acids is 1. The fraction of sp³-hybridized carbons (Fsp3) is 0.296. The molecule has 0 saturated carbocycles. The Labute approximate surface area is 198 Å². The van der Waals surface area contributed by atoms with Crippen molar-refractivity contribution in [2.75, 3.05) is 31.1 Å². The number of piperazine rings is 1. The second-order valence-corrected chi connectivity index (χ2v) is 9.00. The number of aryl methyl sites for hydroxylation is 1. The molecule has 34 heavy (non-hydrogen) atoms. The first kappa shape index (κ1) is 22.1. The summed E-state index contributed by atoms with van der Waals surface area (Å²) in [7, 11) is 0. The first-order chi connectivity index (χ1) is 16.5. The van der Waals surface area contributed by atoms with Crippen molar-refractivity contribution >= 4 is 17.2 Å². The Morgan fingerprint density at radius 2 is 1.65 bits per heavy atom. The number of fused-ring (bicyclic) bond motifs is 1. The van der Waals surface area contributed by atoms with Crippen molar-refractivity contribution in [1.82, 2.24) is 19.5 Å². The molecule has 174 valence electrons. The third kappa shape index (κ3) is 3.81. The summed E-state index contributed by atoms with van der Waals surface area (Å²) in [5, 5.41) is 4.79. The number of carbonyl (C=O) groups is 1. The number of aromatic nitrogens is 3. The van der Waals surface area contributed by atoms with Crippen LogP contribution < -0.4 is 4.90 Å². The number of rotatable bonds is 4. The molecule has 0 unspecified atom stereocenters. The molecule has 7 heteroatoms. The van der Waals surface area contributed by atoms with E-state index in [1.54, 1.807) is 18.3 Å². The Bertz CT molecular complexity index is 1340. The molecule has 0 spiro atoms. The van der Waals surface area contributed by atoms with E-state index < -0.39 is 0 Å². The van der Waals surface area contributed by atoms with E-state index in [9.17, 15) is 9.18 Å². The maximum Gasteiger partial charge on any atom is 0.257 e. The molecule has 5 rings (SSSR count). The number of halogens is 1. The van der Waals surface area contributed by atoms with Gasteiger partial charge in [-0.3, -0.25) is 4.79 Å². The summed E-state index contributed by atoms with van der Waals surface area (Å²) in [6, 6.07) is 16.9. The summed E-state index contributed by atoms with van der Waals surface area (Å²) in [5.41, 5.74) is 5.69. The van der Waals surface area contributed by atoms with E-state index >= 15 is 0 Å². The number of anilines is 1. The van der Waals surface area contributed by atoms with Crippen molar-refractivity contribution in [3.63, 3.8) is 0 Å². The number of nitrogens with zero attached hydrogens (tertiary/aromatic N) is 5. The van der Waals surface area contributed by atoms with Crippen LogP contribution in [-0.2, 0) is 0 Å². The molecule has 0 bridgehead atoms. The minimum atomic E-state index is -0.234.